The van der Waals surface area contributed by atoms with E-state index < -0.39 is 11.7 Å². The van der Waals surface area contributed by atoms with E-state index in [1.807, 2.05) is 0 Å². The Hall–Kier alpha value is -3.09. The number of para-hydroxylation sites is 1. The van der Waals surface area contributed by atoms with E-state index in [1.54, 1.807) is 30.3 Å². The molecule has 0 aliphatic rings. The highest BCUT2D eigenvalue weighted by atomic mass is 19.1. The number of hydrogen-bond donors (Lipinski definition) is 1. The first-order chi connectivity index (χ1) is 11.1. The van der Waals surface area contributed by atoms with Gasteiger partial charge in [0, 0.05) is 6.42 Å². The second-order valence-corrected chi connectivity index (χ2v) is 4.91. The summed E-state index contributed by atoms with van der Waals surface area (Å²) >= 11 is 0. The number of benzene rings is 2. The van der Waals surface area contributed by atoms with Crippen molar-refractivity contribution >= 4 is 22.5 Å². The molecule has 0 atom stereocenters. The van der Waals surface area contributed by atoms with Crippen LogP contribution in [0.2, 0.25) is 0 Å². The number of hydrogen-bond acceptors (Lipinski definition) is 4. The molecular formula is C16H13FN4O2. The van der Waals surface area contributed by atoms with Gasteiger partial charge in [-0.2, -0.15) is 0 Å². The molecule has 0 aliphatic carbocycles. The van der Waals surface area contributed by atoms with E-state index >= 15 is 0 Å². The number of rotatable bonds is 4. The quantitative estimate of drug-likeness (QED) is 0.799. The van der Waals surface area contributed by atoms with E-state index in [2.05, 4.69) is 15.6 Å². The molecule has 0 aliphatic heterocycles. The fraction of sp³-hybridized carbons (Fsp3) is 0.125. The largest absolute Gasteiger partial charge is 0.324 e. The van der Waals surface area contributed by atoms with Crippen LogP contribution in [0.4, 0.5) is 10.1 Å². The Labute approximate surface area is 130 Å². The number of carbonyl (C=O) groups is 1. The SMILES string of the molecule is O=C(CCn1nnc2ccccc2c1=O)Nc1ccccc1F. The van der Waals surface area contributed by atoms with E-state index in [4.69, 9.17) is 0 Å². The zero-order valence-electron chi connectivity index (χ0n) is 12.1. The predicted molar refractivity (Wildman–Crippen MR) is 83.4 cm³/mol. The molecular weight excluding hydrogens is 299 g/mol. The number of halogens is 1. The summed E-state index contributed by atoms with van der Waals surface area (Å²) in [5, 5.41) is 10.6. The molecule has 1 heterocycles. The first-order valence-electron chi connectivity index (χ1n) is 7.02. The molecule has 6 nitrogen and oxygen atoms in total. The average molecular weight is 312 g/mol. The van der Waals surface area contributed by atoms with Crippen molar-refractivity contribution in [3.63, 3.8) is 0 Å². The molecule has 23 heavy (non-hydrogen) atoms. The Morgan fingerprint density at radius 2 is 1.87 bits per heavy atom. The van der Waals surface area contributed by atoms with Crippen LogP contribution in [-0.4, -0.2) is 20.9 Å². The van der Waals surface area contributed by atoms with Gasteiger partial charge in [0.15, 0.2) is 0 Å². The molecule has 0 saturated heterocycles. The molecule has 3 rings (SSSR count). The molecule has 116 valence electrons. The molecule has 0 spiro atoms. The minimum atomic E-state index is -0.511. The van der Waals surface area contributed by atoms with Crippen molar-refractivity contribution in [1.29, 1.82) is 0 Å². The number of amides is 1. The average Bonchev–Trinajstić information content (AvgIpc) is 2.57. The third-order valence-electron chi connectivity index (χ3n) is 3.33. The predicted octanol–water partition coefficient (Wildman–Crippen LogP) is 1.96. The Morgan fingerprint density at radius 3 is 2.70 bits per heavy atom. The lowest BCUT2D eigenvalue weighted by atomic mass is 10.2. The molecule has 0 unspecified atom stereocenters. The van der Waals surface area contributed by atoms with Crippen LogP contribution < -0.4 is 10.9 Å². The number of fused-ring (bicyclic) bond motifs is 1. The van der Waals surface area contributed by atoms with E-state index in [0.717, 1.165) is 4.68 Å². The van der Waals surface area contributed by atoms with Crippen molar-refractivity contribution in [3.8, 4) is 0 Å². The molecule has 3 aromatic rings. The highest BCUT2D eigenvalue weighted by molar-refractivity contribution is 5.90. The summed E-state index contributed by atoms with van der Waals surface area (Å²) in [6.07, 6.45) is -0.0126. The molecule has 1 N–H and O–H groups in total. The zero-order chi connectivity index (χ0) is 16.2. The fourth-order valence-electron chi connectivity index (χ4n) is 2.15. The van der Waals surface area contributed by atoms with E-state index in [9.17, 15) is 14.0 Å². The minimum absolute atomic E-state index is 0.0126. The number of aromatic nitrogens is 3. The second kappa shape index (κ2) is 6.35. The highest BCUT2D eigenvalue weighted by Crippen LogP contribution is 2.12. The zero-order valence-corrected chi connectivity index (χ0v) is 12.1. The number of nitrogens with one attached hydrogen (secondary N) is 1. The van der Waals surface area contributed by atoms with Gasteiger partial charge in [0.25, 0.3) is 5.56 Å². The fourth-order valence-corrected chi connectivity index (χ4v) is 2.15. The van der Waals surface area contributed by atoms with Gasteiger partial charge in [-0.25, -0.2) is 9.07 Å². The standard InChI is InChI=1S/C16H13FN4O2/c17-12-6-2-4-8-14(12)18-15(22)9-10-21-16(23)11-5-1-3-7-13(11)19-20-21/h1-8H,9-10H2,(H,18,22). The Morgan fingerprint density at radius 1 is 1.13 bits per heavy atom. The van der Waals surface area contributed by atoms with E-state index in [-0.39, 0.29) is 24.2 Å². The molecule has 7 heteroatoms. The van der Waals surface area contributed by atoms with Gasteiger partial charge in [0.1, 0.15) is 11.3 Å². The van der Waals surface area contributed by atoms with Crippen molar-refractivity contribution in [2.75, 3.05) is 5.32 Å². The Kier molecular flexibility index (Phi) is 4.09. The van der Waals surface area contributed by atoms with Gasteiger partial charge in [-0.15, -0.1) is 5.10 Å². The van der Waals surface area contributed by atoms with Crippen molar-refractivity contribution in [3.05, 3.63) is 64.7 Å². The number of aryl methyl sites for hydroxylation is 1. The van der Waals surface area contributed by atoms with E-state index in [1.165, 1.54) is 18.2 Å². The molecule has 0 fully saturated rings. The molecule has 1 aromatic heterocycles. The Bertz CT molecular complexity index is 923. The van der Waals surface area contributed by atoms with E-state index in [0.29, 0.717) is 10.9 Å². The summed E-state index contributed by atoms with van der Waals surface area (Å²) < 4.78 is 14.6. The normalized spacial score (nSPS) is 10.7. The van der Waals surface area contributed by atoms with Gasteiger partial charge >= 0.3 is 0 Å². The summed E-state index contributed by atoms with van der Waals surface area (Å²) in [5.41, 5.74) is 0.299. The summed E-state index contributed by atoms with van der Waals surface area (Å²) in [7, 11) is 0. The summed E-state index contributed by atoms with van der Waals surface area (Å²) in [6.45, 7) is 0.0664. The molecule has 0 saturated carbocycles. The van der Waals surface area contributed by atoms with Crippen LogP contribution >= 0.6 is 0 Å². The molecule has 1 amide bonds. The van der Waals surface area contributed by atoms with Crippen molar-refractivity contribution in [1.82, 2.24) is 15.0 Å². The van der Waals surface area contributed by atoms with Crippen LogP contribution in [0.25, 0.3) is 10.9 Å². The third kappa shape index (κ3) is 3.23. The second-order valence-electron chi connectivity index (χ2n) is 4.91. The highest BCUT2D eigenvalue weighted by Gasteiger charge is 2.09. The van der Waals surface area contributed by atoms with Crippen LogP contribution in [-0.2, 0) is 11.3 Å². The van der Waals surface area contributed by atoms with Crippen molar-refractivity contribution in [2.24, 2.45) is 0 Å². The summed E-state index contributed by atoms with van der Waals surface area (Å²) in [5.74, 6) is -0.916. The van der Waals surface area contributed by atoms with Crippen molar-refractivity contribution < 1.29 is 9.18 Å². The lowest BCUT2D eigenvalue weighted by Crippen LogP contribution is -2.26. The number of carbonyl (C=O) groups excluding carboxylic acids is 1. The van der Waals surface area contributed by atoms with Gasteiger partial charge in [0.05, 0.1) is 17.6 Å². The topological polar surface area (TPSA) is 76.9 Å². The number of anilines is 1. The molecule has 2 aromatic carbocycles. The lowest BCUT2D eigenvalue weighted by molar-refractivity contribution is -0.116. The van der Waals surface area contributed by atoms with Gasteiger partial charge < -0.3 is 5.32 Å². The maximum absolute atomic E-state index is 13.5. The first kappa shape index (κ1) is 14.8. The van der Waals surface area contributed by atoms with Gasteiger partial charge in [-0.3, -0.25) is 9.59 Å². The number of nitrogens with zero attached hydrogens (tertiary/aromatic N) is 3. The van der Waals surface area contributed by atoms with Crippen LogP contribution in [0.15, 0.2) is 53.3 Å². The summed E-state index contributed by atoms with van der Waals surface area (Å²) in [6, 6.07) is 12.7. The van der Waals surface area contributed by atoms with Gasteiger partial charge in [-0.1, -0.05) is 29.5 Å². The molecule has 0 bridgehead atoms. The van der Waals surface area contributed by atoms with Crippen LogP contribution in [0.3, 0.4) is 0 Å². The lowest BCUT2D eigenvalue weighted by Gasteiger charge is -2.07. The summed E-state index contributed by atoms with van der Waals surface area (Å²) in [4.78, 5) is 24.1. The van der Waals surface area contributed by atoms with Crippen molar-refractivity contribution in [2.45, 2.75) is 13.0 Å². The van der Waals surface area contributed by atoms with Crippen LogP contribution in [0.1, 0.15) is 6.42 Å². The smallest absolute Gasteiger partial charge is 0.277 e. The third-order valence-corrected chi connectivity index (χ3v) is 3.33. The first-order valence-corrected chi connectivity index (χ1v) is 7.02. The Balaban J connectivity index is 1.71. The maximum atomic E-state index is 13.5. The maximum Gasteiger partial charge on any atom is 0.277 e. The van der Waals surface area contributed by atoms with Crippen LogP contribution in [0.5, 0.6) is 0 Å². The minimum Gasteiger partial charge on any atom is -0.324 e. The van der Waals surface area contributed by atoms with Gasteiger partial charge in [0.2, 0.25) is 5.91 Å². The van der Waals surface area contributed by atoms with Gasteiger partial charge in [-0.05, 0) is 24.3 Å². The molecule has 0 radical (unpaired) electrons. The van der Waals surface area contributed by atoms with Crippen LogP contribution in [0, 0.1) is 5.82 Å². The monoisotopic (exact) mass is 312 g/mol.